The van der Waals surface area contributed by atoms with E-state index in [-0.39, 0.29) is 11.9 Å². The first kappa shape index (κ1) is 9.40. The van der Waals surface area contributed by atoms with Gasteiger partial charge in [-0.25, -0.2) is 0 Å². The molecule has 0 amide bonds. The van der Waals surface area contributed by atoms with Crippen LogP contribution >= 0.6 is 0 Å². The molecule has 0 bridgehead atoms. The summed E-state index contributed by atoms with van der Waals surface area (Å²) in [6.07, 6.45) is 1.73. The van der Waals surface area contributed by atoms with Crippen molar-refractivity contribution in [3.8, 4) is 0 Å². The van der Waals surface area contributed by atoms with Crippen molar-refractivity contribution in [2.24, 2.45) is 0 Å². The number of aliphatic hydroxyl groups is 1. The smallest absolute Gasteiger partial charge is 0.193 e. The lowest BCUT2D eigenvalue weighted by Crippen LogP contribution is -2.68. The summed E-state index contributed by atoms with van der Waals surface area (Å²) in [5, 5.41) is 9.14. The van der Waals surface area contributed by atoms with Gasteiger partial charge >= 0.3 is 0 Å². The maximum atomic E-state index is 9.14. The summed E-state index contributed by atoms with van der Waals surface area (Å²) in [6.45, 7) is 1.66. The minimum Gasteiger partial charge on any atom is -0.393 e. The second kappa shape index (κ2) is 3.20. The molecule has 1 saturated heterocycles. The van der Waals surface area contributed by atoms with E-state index in [1.807, 2.05) is 0 Å². The second-order valence-corrected chi connectivity index (χ2v) is 4.00. The van der Waals surface area contributed by atoms with Crippen molar-refractivity contribution in [3.63, 3.8) is 0 Å². The van der Waals surface area contributed by atoms with Gasteiger partial charge in [-0.1, -0.05) is 0 Å². The third-order valence-corrected chi connectivity index (χ3v) is 3.24. The Morgan fingerprint density at radius 3 is 2.15 bits per heavy atom. The van der Waals surface area contributed by atoms with Crippen LogP contribution in [0, 0.1) is 0 Å². The number of ether oxygens (including phenoxy) is 2. The van der Waals surface area contributed by atoms with Crippen molar-refractivity contribution < 1.29 is 14.6 Å². The zero-order chi connectivity index (χ0) is 9.47. The van der Waals surface area contributed by atoms with Crippen LogP contribution in [0.1, 0.15) is 12.8 Å². The number of hydrogen-bond donors (Lipinski definition) is 1. The minimum atomic E-state index is -0.374. The summed E-state index contributed by atoms with van der Waals surface area (Å²) >= 11 is 0. The largest absolute Gasteiger partial charge is 0.393 e. The van der Waals surface area contributed by atoms with Gasteiger partial charge < -0.3 is 14.6 Å². The Hall–Kier alpha value is -0.160. The molecule has 4 heteroatoms. The van der Waals surface area contributed by atoms with E-state index in [1.165, 1.54) is 0 Å². The highest BCUT2D eigenvalue weighted by Crippen LogP contribution is 2.34. The molecule has 1 aliphatic carbocycles. The Kier molecular flexibility index (Phi) is 2.32. The van der Waals surface area contributed by atoms with Gasteiger partial charge in [-0.2, -0.15) is 0 Å². The van der Waals surface area contributed by atoms with Crippen LogP contribution in [0.3, 0.4) is 0 Å². The van der Waals surface area contributed by atoms with Crippen LogP contribution in [0.25, 0.3) is 0 Å². The Morgan fingerprint density at radius 2 is 1.77 bits per heavy atom. The van der Waals surface area contributed by atoms with Gasteiger partial charge in [0, 0.05) is 20.3 Å². The molecule has 0 aromatic rings. The molecule has 4 nitrogen and oxygen atoms in total. The first-order chi connectivity index (χ1) is 6.19. The lowest BCUT2D eigenvalue weighted by molar-refractivity contribution is -0.288. The standard InChI is InChI=1S/C9H17NO3/c1-12-9(13-2)5-10(6-9)7-3-8(11)4-7/h7-8,11H,3-6H2,1-2H3. The van der Waals surface area contributed by atoms with Gasteiger partial charge in [-0.3, -0.25) is 4.90 Å². The van der Waals surface area contributed by atoms with Gasteiger partial charge in [0.05, 0.1) is 19.2 Å². The zero-order valence-corrected chi connectivity index (χ0v) is 8.19. The van der Waals surface area contributed by atoms with Crippen molar-refractivity contribution >= 4 is 0 Å². The number of nitrogens with zero attached hydrogens (tertiary/aromatic N) is 1. The molecule has 1 heterocycles. The lowest BCUT2D eigenvalue weighted by Gasteiger charge is -2.54. The molecular weight excluding hydrogens is 170 g/mol. The van der Waals surface area contributed by atoms with Crippen molar-refractivity contribution in [3.05, 3.63) is 0 Å². The third-order valence-electron chi connectivity index (χ3n) is 3.24. The van der Waals surface area contributed by atoms with E-state index in [2.05, 4.69) is 4.90 Å². The fraction of sp³-hybridized carbons (Fsp3) is 1.00. The molecule has 0 unspecified atom stereocenters. The Balaban J connectivity index is 1.77. The summed E-state index contributed by atoms with van der Waals surface area (Å²) in [4.78, 5) is 2.31. The molecule has 0 spiro atoms. The van der Waals surface area contributed by atoms with E-state index >= 15 is 0 Å². The summed E-state index contributed by atoms with van der Waals surface area (Å²) in [5.41, 5.74) is 0. The second-order valence-electron chi connectivity index (χ2n) is 4.00. The predicted octanol–water partition coefficient (Wildman–Crippen LogP) is -0.186. The molecule has 1 saturated carbocycles. The van der Waals surface area contributed by atoms with Gasteiger partial charge in [0.1, 0.15) is 0 Å². The molecule has 2 rings (SSSR count). The Labute approximate surface area is 78.4 Å². The summed E-state index contributed by atoms with van der Waals surface area (Å²) in [7, 11) is 3.35. The highest BCUT2D eigenvalue weighted by atomic mass is 16.7. The maximum Gasteiger partial charge on any atom is 0.193 e. The van der Waals surface area contributed by atoms with Crippen molar-refractivity contribution in [1.82, 2.24) is 4.90 Å². The number of methoxy groups -OCH3 is 2. The van der Waals surface area contributed by atoms with Crippen LogP contribution in [-0.4, -0.2) is 55.2 Å². The van der Waals surface area contributed by atoms with Gasteiger partial charge in [0.15, 0.2) is 5.79 Å². The molecule has 2 aliphatic rings. The first-order valence-electron chi connectivity index (χ1n) is 4.71. The molecule has 0 aromatic heterocycles. The fourth-order valence-electron chi connectivity index (χ4n) is 2.03. The molecule has 0 radical (unpaired) electrons. The number of likely N-dealkylation sites (tertiary alicyclic amines) is 1. The van der Waals surface area contributed by atoms with E-state index in [1.54, 1.807) is 14.2 Å². The highest BCUT2D eigenvalue weighted by molar-refractivity contribution is 4.98. The molecule has 13 heavy (non-hydrogen) atoms. The summed E-state index contributed by atoms with van der Waals surface area (Å²) in [5.74, 6) is -0.374. The lowest BCUT2D eigenvalue weighted by atomic mass is 9.85. The van der Waals surface area contributed by atoms with Crippen LogP contribution in [0.15, 0.2) is 0 Å². The van der Waals surface area contributed by atoms with E-state index in [0.29, 0.717) is 6.04 Å². The molecule has 0 aromatic carbocycles. The Bertz CT molecular complexity index is 179. The fourth-order valence-corrected chi connectivity index (χ4v) is 2.03. The van der Waals surface area contributed by atoms with Crippen LogP contribution in [0.2, 0.25) is 0 Å². The van der Waals surface area contributed by atoms with E-state index < -0.39 is 0 Å². The number of hydrogen-bond acceptors (Lipinski definition) is 4. The SMILES string of the molecule is COC1(OC)CN(C2CC(O)C2)C1. The topological polar surface area (TPSA) is 41.9 Å². The van der Waals surface area contributed by atoms with Crippen LogP contribution < -0.4 is 0 Å². The van der Waals surface area contributed by atoms with E-state index in [9.17, 15) is 0 Å². The average molecular weight is 187 g/mol. The van der Waals surface area contributed by atoms with Crippen molar-refractivity contribution in [2.75, 3.05) is 27.3 Å². The van der Waals surface area contributed by atoms with Gasteiger partial charge in [-0.05, 0) is 12.8 Å². The monoisotopic (exact) mass is 187 g/mol. The molecule has 1 aliphatic heterocycles. The van der Waals surface area contributed by atoms with Crippen LogP contribution in [0.5, 0.6) is 0 Å². The number of aliphatic hydroxyl groups excluding tert-OH is 1. The third kappa shape index (κ3) is 1.48. The molecule has 2 fully saturated rings. The van der Waals surface area contributed by atoms with Crippen LogP contribution in [0.4, 0.5) is 0 Å². The molecule has 76 valence electrons. The summed E-state index contributed by atoms with van der Waals surface area (Å²) < 4.78 is 10.5. The maximum absolute atomic E-state index is 9.14. The normalized spacial score (nSPS) is 38.1. The zero-order valence-electron chi connectivity index (χ0n) is 8.19. The van der Waals surface area contributed by atoms with Gasteiger partial charge in [-0.15, -0.1) is 0 Å². The molecular formula is C9H17NO3. The van der Waals surface area contributed by atoms with Gasteiger partial charge in [0.2, 0.25) is 0 Å². The van der Waals surface area contributed by atoms with Crippen molar-refractivity contribution in [2.45, 2.75) is 30.8 Å². The Morgan fingerprint density at radius 1 is 1.23 bits per heavy atom. The van der Waals surface area contributed by atoms with E-state index in [4.69, 9.17) is 14.6 Å². The molecule has 0 atom stereocenters. The number of rotatable bonds is 3. The summed E-state index contributed by atoms with van der Waals surface area (Å²) in [6, 6.07) is 0.549. The van der Waals surface area contributed by atoms with Crippen molar-refractivity contribution in [1.29, 1.82) is 0 Å². The quantitative estimate of drug-likeness (QED) is 0.622. The van der Waals surface area contributed by atoms with Crippen LogP contribution in [-0.2, 0) is 9.47 Å². The predicted molar refractivity (Wildman–Crippen MR) is 47.4 cm³/mol. The first-order valence-corrected chi connectivity index (χ1v) is 4.71. The highest BCUT2D eigenvalue weighted by Gasteiger charge is 2.49. The average Bonchev–Trinajstić information content (AvgIpc) is 2.01. The van der Waals surface area contributed by atoms with Gasteiger partial charge in [0.25, 0.3) is 0 Å². The minimum absolute atomic E-state index is 0.0786. The molecule has 1 N–H and O–H groups in total. The van der Waals surface area contributed by atoms with E-state index in [0.717, 1.165) is 25.9 Å².